The summed E-state index contributed by atoms with van der Waals surface area (Å²) in [5.41, 5.74) is 1.31. The molecule has 0 spiro atoms. The highest BCUT2D eigenvalue weighted by Crippen LogP contribution is 2.14. The summed E-state index contributed by atoms with van der Waals surface area (Å²) < 4.78 is 29.2. The SMILES string of the molecule is Cc1ccc(S(=O)(=O)CCC(=O)OCC(=O)c2ccc(Cl)cc2)cc1. The van der Waals surface area contributed by atoms with Crippen LogP contribution in [-0.4, -0.2) is 32.5 Å². The predicted molar refractivity (Wildman–Crippen MR) is 94.6 cm³/mol. The van der Waals surface area contributed by atoms with Gasteiger partial charge in [-0.2, -0.15) is 0 Å². The van der Waals surface area contributed by atoms with Crippen molar-refractivity contribution in [1.82, 2.24) is 0 Å². The molecule has 0 saturated heterocycles. The van der Waals surface area contributed by atoms with Gasteiger partial charge in [-0.15, -0.1) is 0 Å². The molecule has 0 bridgehead atoms. The van der Waals surface area contributed by atoms with Crippen molar-refractivity contribution in [2.24, 2.45) is 0 Å². The van der Waals surface area contributed by atoms with Crippen molar-refractivity contribution in [3.63, 3.8) is 0 Å². The maximum Gasteiger partial charge on any atom is 0.307 e. The molecule has 0 heterocycles. The third kappa shape index (κ3) is 5.69. The molecule has 7 heteroatoms. The van der Waals surface area contributed by atoms with Crippen molar-refractivity contribution in [3.05, 3.63) is 64.7 Å². The Kier molecular flexibility index (Phi) is 6.33. The molecule has 2 aromatic carbocycles. The van der Waals surface area contributed by atoms with Crippen LogP contribution in [0.15, 0.2) is 53.4 Å². The Hall–Kier alpha value is -2.18. The lowest BCUT2D eigenvalue weighted by molar-refractivity contribution is -0.142. The van der Waals surface area contributed by atoms with Crippen LogP contribution < -0.4 is 0 Å². The predicted octanol–water partition coefficient (Wildman–Crippen LogP) is 3.24. The molecule has 2 aromatic rings. The van der Waals surface area contributed by atoms with Crippen molar-refractivity contribution in [1.29, 1.82) is 0 Å². The average molecular weight is 381 g/mol. The lowest BCUT2D eigenvalue weighted by Gasteiger charge is -2.06. The maximum atomic E-state index is 12.2. The van der Waals surface area contributed by atoms with E-state index in [2.05, 4.69) is 0 Å². The molecule has 0 unspecified atom stereocenters. The van der Waals surface area contributed by atoms with Gasteiger partial charge in [0.15, 0.2) is 22.2 Å². The van der Waals surface area contributed by atoms with Gasteiger partial charge in [0.2, 0.25) is 0 Å². The van der Waals surface area contributed by atoms with Crippen LogP contribution in [0.5, 0.6) is 0 Å². The molecule has 0 atom stereocenters. The number of carbonyl (C=O) groups is 2. The third-order valence-electron chi connectivity index (χ3n) is 3.49. The molecule has 0 N–H and O–H groups in total. The number of ketones is 1. The fourth-order valence-corrected chi connectivity index (χ4v) is 3.37. The summed E-state index contributed by atoms with van der Waals surface area (Å²) in [6.07, 6.45) is -0.315. The van der Waals surface area contributed by atoms with Crippen LogP contribution in [0.1, 0.15) is 22.3 Å². The zero-order valence-corrected chi connectivity index (χ0v) is 15.1. The first-order chi connectivity index (χ1) is 11.8. The van der Waals surface area contributed by atoms with Gasteiger partial charge in [0.25, 0.3) is 0 Å². The lowest BCUT2D eigenvalue weighted by Crippen LogP contribution is -2.17. The molecule has 0 aromatic heterocycles. The van der Waals surface area contributed by atoms with Gasteiger partial charge in [-0.25, -0.2) is 8.42 Å². The molecular weight excluding hydrogens is 364 g/mol. The van der Waals surface area contributed by atoms with E-state index in [1.54, 1.807) is 24.3 Å². The highest BCUT2D eigenvalue weighted by atomic mass is 35.5. The topological polar surface area (TPSA) is 77.5 Å². The monoisotopic (exact) mass is 380 g/mol. The van der Waals surface area contributed by atoms with Gasteiger partial charge < -0.3 is 4.74 Å². The fourth-order valence-electron chi connectivity index (χ4n) is 2.02. The Morgan fingerprint density at radius 1 is 1.00 bits per heavy atom. The first-order valence-corrected chi connectivity index (χ1v) is 9.55. The minimum atomic E-state index is -3.57. The fraction of sp³-hybridized carbons (Fsp3) is 0.222. The van der Waals surface area contributed by atoms with E-state index in [1.165, 1.54) is 24.3 Å². The summed E-state index contributed by atoms with van der Waals surface area (Å²) in [5, 5.41) is 0.495. The second kappa shape index (κ2) is 8.27. The maximum absolute atomic E-state index is 12.2. The Morgan fingerprint density at radius 2 is 1.60 bits per heavy atom. The third-order valence-corrected chi connectivity index (χ3v) is 5.47. The Labute approximate surface area is 151 Å². The van der Waals surface area contributed by atoms with Crippen molar-refractivity contribution < 1.29 is 22.7 Å². The zero-order valence-electron chi connectivity index (χ0n) is 13.6. The van der Waals surface area contributed by atoms with Crippen LogP contribution in [0.25, 0.3) is 0 Å². The van der Waals surface area contributed by atoms with Crippen LogP contribution in [0.3, 0.4) is 0 Å². The number of esters is 1. The Morgan fingerprint density at radius 3 is 2.20 bits per heavy atom. The quantitative estimate of drug-likeness (QED) is 0.544. The normalized spacial score (nSPS) is 11.1. The van der Waals surface area contributed by atoms with Gasteiger partial charge in [0, 0.05) is 10.6 Å². The van der Waals surface area contributed by atoms with Crippen LogP contribution in [0.4, 0.5) is 0 Å². The van der Waals surface area contributed by atoms with Crippen LogP contribution in [0.2, 0.25) is 5.02 Å². The number of hydrogen-bond donors (Lipinski definition) is 0. The number of carbonyl (C=O) groups excluding carboxylic acids is 2. The van der Waals surface area contributed by atoms with Gasteiger partial charge in [-0.3, -0.25) is 9.59 Å². The number of benzene rings is 2. The first kappa shape index (κ1) is 19.1. The summed E-state index contributed by atoms with van der Waals surface area (Å²) in [6.45, 7) is 1.41. The standard InChI is InChI=1S/C18H17ClO5S/c1-13-2-8-16(9-3-13)25(22,23)11-10-18(21)24-12-17(20)14-4-6-15(19)7-5-14/h2-9H,10-12H2,1H3. The van der Waals surface area contributed by atoms with Crippen molar-refractivity contribution >= 4 is 33.2 Å². The highest BCUT2D eigenvalue weighted by molar-refractivity contribution is 7.91. The number of halogens is 1. The van der Waals surface area contributed by atoms with Crippen molar-refractivity contribution in [2.75, 3.05) is 12.4 Å². The summed E-state index contributed by atoms with van der Waals surface area (Å²) >= 11 is 5.73. The highest BCUT2D eigenvalue weighted by Gasteiger charge is 2.18. The van der Waals surface area contributed by atoms with E-state index in [0.717, 1.165) is 5.56 Å². The molecule has 25 heavy (non-hydrogen) atoms. The summed E-state index contributed by atoms with van der Waals surface area (Å²) in [6, 6.07) is 12.6. The minimum Gasteiger partial charge on any atom is -0.457 e. The minimum absolute atomic E-state index is 0.156. The lowest BCUT2D eigenvalue weighted by atomic mass is 10.1. The molecule has 0 saturated carbocycles. The van der Waals surface area contributed by atoms with E-state index in [-0.39, 0.29) is 22.9 Å². The van der Waals surface area contributed by atoms with Crippen LogP contribution in [0, 0.1) is 6.92 Å². The molecule has 5 nitrogen and oxygen atoms in total. The molecule has 2 rings (SSSR count). The van der Waals surface area contributed by atoms with E-state index in [4.69, 9.17) is 16.3 Å². The molecule has 0 radical (unpaired) electrons. The number of Topliss-reactive ketones (excluding diaryl/α,β-unsaturated/α-hetero) is 1. The second-order valence-corrected chi connectivity index (χ2v) is 8.02. The van der Waals surface area contributed by atoms with E-state index in [9.17, 15) is 18.0 Å². The van der Waals surface area contributed by atoms with Gasteiger partial charge in [-0.05, 0) is 43.3 Å². The number of aryl methyl sites for hydroxylation is 1. The van der Waals surface area contributed by atoms with E-state index in [1.807, 2.05) is 6.92 Å². The molecular formula is C18H17ClO5S. The van der Waals surface area contributed by atoms with Crippen LogP contribution >= 0.6 is 11.6 Å². The van der Waals surface area contributed by atoms with Crippen molar-refractivity contribution in [3.8, 4) is 0 Å². The number of rotatable bonds is 7. The van der Waals surface area contributed by atoms with Gasteiger partial charge >= 0.3 is 5.97 Å². The van der Waals surface area contributed by atoms with E-state index < -0.39 is 22.4 Å². The zero-order chi connectivity index (χ0) is 18.4. The van der Waals surface area contributed by atoms with Crippen LogP contribution in [-0.2, 0) is 19.4 Å². The summed E-state index contributed by atoms with van der Waals surface area (Å²) in [7, 11) is -3.57. The van der Waals surface area contributed by atoms with E-state index >= 15 is 0 Å². The van der Waals surface area contributed by atoms with Gasteiger partial charge in [0.1, 0.15) is 0 Å². The largest absolute Gasteiger partial charge is 0.457 e. The smallest absolute Gasteiger partial charge is 0.307 e. The number of hydrogen-bond acceptors (Lipinski definition) is 5. The van der Waals surface area contributed by atoms with E-state index in [0.29, 0.717) is 10.6 Å². The Balaban J connectivity index is 1.85. The molecule has 132 valence electrons. The first-order valence-electron chi connectivity index (χ1n) is 7.52. The van der Waals surface area contributed by atoms with Gasteiger partial charge in [-0.1, -0.05) is 29.3 Å². The molecule has 0 amide bonds. The Bertz CT molecular complexity index is 855. The summed E-state index contributed by atoms with van der Waals surface area (Å²) in [5.74, 6) is -1.49. The van der Waals surface area contributed by atoms with Gasteiger partial charge in [0.05, 0.1) is 17.1 Å². The second-order valence-electron chi connectivity index (χ2n) is 5.47. The summed E-state index contributed by atoms with van der Waals surface area (Å²) in [4.78, 5) is 23.7. The molecule has 0 fully saturated rings. The number of ether oxygens (including phenoxy) is 1. The van der Waals surface area contributed by atoms with Crippen molar-refractivity contribution in [2.45, 2.75) is 18.2 Å². The molecule has 0 aliphatic carbocycles. The average Bonchev–Trinajstić information content (AvgIpc) is 2.59. The molecule has 0 aliphatic heterocycles. The molecule has 0 aliphatic rings. The number of sulfone groups is 1.